The number of carbonyl (C=O) groups is 1. The van der Waals surface area contributed by atoms with Crippen LogP contribution < -0.4 is 10.9 Å². The number of aromatic amines is 1. The fraction of sp³-hybridized carbons (Fsp3) is 0.300. The van der Waals surface area contributed by atoms with Gasteiger partial charge in [0.2, 0.25) is 0 Å². The molecule has 0 bridgehead atoms. The second-order valence-electron chi connectivity index (χ2n) is 6.73. The second-order valence-corrected chi connectivity index (χ2v) is 6.73. The minimum atomic E-state index is -0.490. The molecule has 0 unspecified atom stereocenters. The number of hydrogen-bond donors (Lipinski definition) is 2. The lowest BCUT2D eigenvalue weighted by Crippen LogP contribution is -2.31. The average Bonchev–Trinajstić information content (AvgIpc) is 3.18. The predicted octanol–water partition coefficient (Wildman–Crippen LogP) is 1.39. The smallest absolute Gasteiger partial charge is 0.264 e. The number of aryl methyl sites for hydroxylation is 2. The molecule has 8 nitrogen and oxygen atoms in total. The molecule has 0 fully saturated rings. The Kier molecular flexibility index (Phi) is 4.92. The van der Waals surface area contributed by atoms with Crippen LogP contribution in [0.3, 0.4) is 0 Å². The number of hydrogen-bond acceptors (Lipinski definition) is 6. The van der Waals surface area contributed by atoms with E-state index in [0.717, 1.165) is 36.5 Å². The first-order valence-corrected chi connectivity index (χ1v) is 9.25. The Labute approximate surface area is 161 Å². The minimum absolute atomic E-state index is 0.0290. The first-order valence-electron chi connectivity index (χ1n) is 9.25. The van der Waals surface area contributed by atoms with E-state index in [4.69, 9.17) is 0 Å². The van der Waals surface area contributed by atoms with Crippen molar-refractivity contribution in [3.63, 3.8) is 0 Å². The Morgan fingerprint density at radius 1 is 1.25 bits per heavy atom. The van der Waals surface area contributed by atoms with E-state index in [2.05, 4.69) is 30.2 Å². The number of pyridine rings is 1. The molecule has 4 rings (SSSR count). The monoisotopic (exact) mass is 376 g/mol. The molecule has 1 amide bonds. The van der Waals surface area contributed by atoms with Gasteiger partial charge in [-0.1, -0.05) is 0 Å². The Balaban J connectivity index is 1.40. The standard InChI is InChI=1S/C20H20N6O2/c1-12-14-5-2-6-16(14)25-17(24-12)7-9-22-19(27)15-11-23-18(26-20(15)28)13-4-3-8-21-10-13/h3-4,8,10-11H,2,5-7,9H2,1H3,(H,22,27)(H,23,26,28). The zero-order valence-corrected chi connectivity index (χ0v) is 15.5. The Bertz CT molecular complexity index is 1080. The summed E-state index contributed by atoms with van der Waals surface area (Å²) in [7, 11) is 0. The van der Waals surface area contributed by atoms with Gasteiger partial charge >= 0.3 is 0 Å². The summed E-state index contributed by atoms with van der Waals surface area (Å²) in [5.74, 6) is 0.624. The molecule has 0 aromatic carbocycles. The quantitative estimate of drug-likeness (QED) is 0.696. The van der Waals surface area contributed by atoms with Gasteiger partial charge < -0.3 is 10.3 Å². The Morgan fingerprint density at radius 2 is 2.14 bits per heavy atom. The topological polar surface area (TPSA) is 114 Å². The SMILES string of the molecule is Cc1nc(CCNC(=O)c2cnc(-c3cccnc3)[nH]c2=O)nc2c1CCC2. The fourth-order valence-corrected chi connectivity index (χ4v) is 3.38. The number of fused-ring (bicyclic) bond motifs is 1. The molecule has 28 heavy (non-hydrogen) atoms. The Morgan fingerprint density at radius 3 is 2.93 bits per heavy atom. The molecule has 3 aromatic heterocycles. The summed E-state index contributed by atoms with van der Waals surface area (Å²) >= 11 is 0. The van der Waals surface area contributed by atoms with Crippen LogP contribution in [0.5, 0.6) is 0 Å². The van der Waals surface area contributed by atoms with Crippen LogP contribution >= 0.6 is 0 Å². The van der Waals surface area contributed by atoms with Gasteiger partial charge in [0, 0.05) is 48.5 Å². The summed E-state index contributed by atoms with van der Waals surface area (Å²) in [5.41, 5.74) is 3.57. The van der Waals surface area contributed by atoms with Gasteiger partial charge in [-0.3, -0.25) is 14.6 Å². The van der Waals surface area contributed by atoms with E-state index in [-0.39, 0.29) is 5.56 Å². The van der Waals surface area contributed by atoms with E-state index in [1.165, 1.54) is 11.8 Å². The molecule has 3 heterocycles. The van der Waals surface area contributed by atoms with Gasteiger partial charge in [0.1, 0.15) is 17.2 Å². The highest BCUT2D eigenvalue weighted by atomic mass is 16.2. The summed E-state index contributed by atoms with van der Waals surface area (Å²) in [6.45, 7) is 2.35. The molecule has 0 spiro atoms. The highest BCUT2D eigenvalue weighted by molar-refractivity contribution is 5.93. The van der Waals surface area contributed by atoms with Gasteiger partial charge in [-0.15, -0.1) is 0 Å². The van der Waals surface area contributed by atoms with Crippen molar-refractivity contribution >= 4 is 5.91 Å². The third-order valence-electron chi connectivity index (χ3n) is 4.80. The second kappa shape index (κ2) is 7.67. The molecule has 3 aromatic rings. The third kappa shape index (κ3) is 3.66. The molecule has 1 aliphatic rings. The van der Waals surface area contributed by atoms with Crippen LogP contribution in [-0.2, 0) is 19.3 Å². The number of amides is 1. The normalized spacial score (nSPS) is 12.6. The molecule has 0 aliphatic heterocycles. The molecule has 0 saturated carbocycles. The lowest BCUT2D eigenvalue weighted by molar-refractivity contribution is 0.0952. The molecular formula is C20H20N6O2. The van der Waals surface area contributed by atoms with E-state index >= 15 is 0 Å². The van der Waals surface area contributed by atoms with Crippen LogP contribution in [0, 0.1) is 6.92 Å². The fourth-order valence-electron chi connectivity index (χ4n) is 3.38. The van der Waals surface area contributed by atoms with Crippen molar-refractivity contribution in [1.82, 2.24) is 30.2 Å². The lowest BCUT2D eigenvalue weighted by atomic mass is 10.2. The van der Waals surface area contributed by atoms with Crippen molar-refractivity contribution in [3.8, 4) is 11.4 Å². The van der Waals surface area contributed by atoms with Gasteiger partial charge in [-0.25, -0.2) is 15.0 Å². The maximum Gasteiger partial charge on any atom is 0.264 e. The number of rotatable bonds is 5. The van der Waals surface area contributed by atoms with Crippen molar-refractivity contribution in [2.24, 2.45) is 0 Å². The molecular weight excluding hydrogens is 356 g/mol. The summed E-state index contributed by atoms with van der Waals surface area (Å²) < 4.78 is 0. The van der Waals surface area contributed by atoms with Crippen LogP contribution in [0.25, 0.3) is 11.4 Å². The largest absolute Gasteiger partial charge is 0.351 e. The van der Waals surface area contributed by atoms with Crippen LogP contribution in [0.2, 0.25) is 0 Å². The highest BCUT2D eigenvalue weighted by Gasteiger charge is 2.17. The van der Waals surface area contributed by atoms with Crippen molar-refractivity contribution in [3.05, 3.63) is 69.4 Å². The maximum atomic E-state index is 12.3. The number of aromatic nitrogens is 5. The number of carbonyl (C=O) groups excluding carboxylic acids is 1. The van der Waals surface area contributed by atoms with Gasteiger partial charge in [0.15, 0.2) is 0 Å². The summed E-state index contributed by atoms with van der Waals surface area (Å²) in [4.78, 5) is 44.5. The first-order chi connectivity index (χ1) is 13.6. The number of nitrogens with zero attached hydrogens (tertiary/aromatic N) is 4. The van der Waals surface area contributed by atoms with E-state index in [9.17, 15) is 9.59 Å². The molecule has 0 saturated heterocycles. The highest BCUT2D eigenvalue weighted by Crippen LogP contribution is 2.22. The van der Waals surface area contributed by atoms with Crippen LogP contribution in [0.1, 0.15) is 39.6 Å². The lowest BCUT2D eigenvalue weighted by Gasteiger charge is -2.08. The molecule has 0 atom stereocenters. The molecule has 8 heteroatoms. The molecule has 2 N–H and O–H groups in total. The van der Waals surface area contributed by atoms with Gasteiger partial charge in [-0.2, -0.15) is 0 Å². The zero-order chi connectivity index (χ0) is 19.5. The van der Waals surface area contributed by atoms with Crippen LogP contribution in [0.4, 0.5) is 0 Å². The van der Waals surface area contributed by atoms with Gasteiger partial charge in [-0.05, 0) is 43.9 Å². The van der Waals surface area contributed by atoms with Crippen molar-refractivity contribution in [2.75, 3.05) is 6.54 Å². The van der Waals surface area contributed by atoms with Crippen LogP contribution in [-0.4, -0.2) is 37.4 Å². The minimum Gasteiger partial charge on any atom is -0.351 e. The number of H-pyrrole nitrogens is 1. The summed E-state index contributed by atoms with van der Waals surface area (Å²) in [6.07, 6.45) is 8.18. The van der Waals surface area contributed by atoms with Gasteiger partial charge in [0.25, 0.3) is 11.5 Å². The van der Waals surface area contributed by atoms with E-state index in [1.807, 2.05) is 6.92 Å². The molecule has 0 radical (unpaired) electrons. The number of nitrogens with one attached hydrogen (secondary N) is 2. The van der Waals surface area contributed by atoms with E-state index in [1.54, 1.807) is 24.5 Å². The maximum absolute atomic E-state index is 12.3. The predicted molar refractivity (Wildman–Crippen MR) is 103 cm³/mol. The van der Waals surface area contributed by atoms with Crippen LogP contribution in [0.15, 0.2) is 35.5 Å². The molecule has 1 aliphatic carbocycles. The third-order valence-corrected chi connectivity index (χ3v) is 4.80. The van der Waals surface area contributed by atoms with E-state index in [0.29, 0.717) is 24.4 Å². The average molecular weight is 376 g/mol. The Hall–Kier alpha value is -3.42. The van der Waals surface area contributed by atoms with Crippen molar-refractivity contribution < 1.29 is 4.79 Å². The summed E-state index contributed by atoms with van der Waals surface area (Å²) in [6, 6.07) is 3.53. The van der Waals surface area contributed by atoms with Crippen molar-refractivity contribution in [1.29, 1.82) is 0 Å². The zero-order valence-electron chi connectivity index (χ0n) is 15.5. The first kappa shape index (κ1) is 18.0. The summed E-state index contributed by atoms with van der Waals surface area (Å²) in [5, 5.41) is 2.74. The van der Waals surface area contributed by atoms with E-state index < -0.39 is 11.5 Å². The van der Waals surface area contributed by atoms with Gasteiger partial charge in [0.05, 0.1) is 0 Å². The molecule has 142 valence electrons. The van der Waals surface area contributed by atoms with Crippen molar-refractivity contribution in [2.45, 2.75) is 32.6 Å².